The van der Waals surface area contributed by atoms with E-state index in [-0.39, 0.29) is 11.7 Å². The summed E-state index contributed by atoms with van der Waals surface area (Å²) in [4.78, 5) is 17.6. The SMILES string of the molecule is O=c1c2cc(Br)ccc2nc2sc(NC[C@@H]3CCCO3)nn12. The van der Waals surface area contributed by atoms with Crippen molar-refractivity contribution in [3.05, 3.63) is 33.0 Å². The molecular formula is C14H13BrN4O2S. The molecule has 22 heavy (non-hydrogen) atoms. The summed E-state index contributed by atoms with van der Waals surface area (Å²) in [5, 5.41) is 8.82. The predicted octanol–water partition coefficient (Wildman–Crippen LogP) is 2.66. The molecule has 2 aromatic heterocycles. The standard InChI is InChI=1S/C14H13BrN4O2S/c15-8-3-4-11-10(6-8)12(20)19-14(17-11)22-13(18-19)16-7-9-2-1-5-21-9/h3-4,6,9H,1-2,5,7H2,(H,16,18)/t9-/m0/s1. The van der Waals surface area contributed by atoms with Crippen molar-refractivity contribution in [1.82, 2.24) is 14.6 Å². The molecule has 3 heterocycles. The minimum atomic E-state index is -0.150. The zero-order valence-corrected chi connectivity index (χ0v) is 14.0. The van der Waals surface area contributed by atoms with Crippen molar-refractivity contribution in [3.8, 4) is 0 Å². The fourth-order valence-electron chi connectivity index (χ4n) is 2.56. The number of hydrogen-bond donors (Lipinski definition) is 1. The van der Waals surface area contributed by atoms with Crippen LogP contribution in [0, 0.1) is 0 Å². The lowest BCUT2D eigenvalue weighted by Gasteiger charge is -2.08. The van der Waals surface area contributed by atoms with Gasteiger partial charge in [0.25, 0.3) is 5.56 Å². The summed E-state index contributed by atoms with van der Waals surface area (Å²) >= 11 is 4.75. The minimum Gasteiger partial charge on any atom is -0.376 e. The molecule has 0 spiro atoms. The maximum Gasteiger partial charge on any atom is 0.283 e. The first-order chi connectivity index (χ1) is 10.7. The lowest BCUT2D eigenvalue weighted by Crippen LogP contribution is -2.19. The van der Waals surface area contributed by atoms with E-state index in [2.05, 4.69) is 31.3 Å². The van der Waals surface area contributed by atoms with E-state index in [0.717, 1.165) is 23.9 Å². The largest absolute Gasteiger partial charge is 0.376 e. The second-order valence-electron chi connectivity index (χ2n) is 5.20. The van der Waals surface area contributed by atoms with Gasteiger partial charge in [-0.15, -0.1) is 5.10 Å². The molecule has 0 radical (unpaired) electrons. The molecule has 1 fully saturated rings. The van der Waals surface area contributed by atoms with Gasteiger partial charge in [-0.25, -0.2) is 4.98 Å². The third kappa shape index (κ3) is 2.51. The van der Waals surface area contributed by atoms with Gasteiger partial charge in [0.1, 0.15) is 0 Å². The van der Waals surface area contributed by atoms with Crippen molar-refractivity contribution in [2.24, 2.45) is 0 Å². The first-order valence-electron chi connectivity index (χ1n) is 7.05. The van der Waals surface area contributed by atoms with Crippen LogP contribution in [0.4, 0.5) is 5.13 Å². The molecule has 1 saturated heterocycles. The Kier molecular flexibility index (Phi) is 3.59. The second kappa shape index (κ2) is 5.60. The number of aromatic nitrogens is 3. The van der Waals surface area contributed by atoms with Crippen molar-refractivity contribution in [1.29, 1.82) is 0 Å². The number of ether oxygens (including phenoxy) is 1. The smallest absolute Gasteiger partial charge is 0.283 e. The molecule has 3 aromatic rings. The quantitative estimate of drug-likeness (QED) is 0.756. The molecule has 4 rings (SSSR count). The maximum atomic E-state index is 12.5. The number of benzene rings is 1. The van der Waals surface area contributed by atoms with Gasteiger partial charge in [0.2, 0.25) is 10.1 Å². The Bertz CT molecular complexity index is 901. The average Bonchev–Trinajstić information content (AvgIpc) is 3.15. The lowest BCUT2D eigenvalue weighted by atomic mass is 10.2. The van der Waals surface area contributed by atoms with Crippen LogP contribution >= 0.6 is 27.3 Å². The van der Waals surface area contributed by atoms with Gasteiger partial charge in [-0.05, 0) is 31.0 Å². The molecule has 0 amide bonds. The highest BCUT2D eigenvalue weighted by atomic mass is 79.9. The molecule has 6 nitrogen and oxygen atoms in total. The van der Waals surface area contributed by atoms with Crippen molar-refractivity contribution < 1.29 is 4.74 Å². The number of fused-ring (bicyclic) bond motifs is 2. The Morgan fingerprint density at radius 2 is 2.41 bits per heavy atom. The van der Waals surface area contributed by atoms with Gasteiger partial charge in [0.05, 0.1) is 17.0 Å². The van der Waals surface area contributed by atoms with Crippen LogP contribution in [0.2, 0.25) is 0 Å². The molecule has 1 aromatic carbocycles. The highest BCUT2D eigenvalue weighted by Gasteiger charge is 2.16. The van der Waals surface area contributed by atoms with Crippen LogP contribution in [0.15, 0.2) is 27.5 Å². The fraction of sp³-hybridized carbons (Fsp3) is 0.357. The third-order valence-electron chi connectivity index (χ3n) is 3.66. The van der Waals surface area contributed by atoms with E-state index in [0.29, 0.717) is 27.5 Å². The zero-order chi connectivity index (χ0) is 15.1. The van der Waals surface area contributed by atoms with Crippen LogP contribution in [0.25, 0.3) is 15.9 Å². The highest BCUT2D eigenvalue weighted by Crippen LogP contribution is 2.21. The second-order valence-corrected chi connectivity index (χ2v) is 7.07. The average molecular weight is 381 g/mol. The number of rotatable bonds is 3. The summed E-state index contributed by atoms with van der Waals surface area (Å²) in [5.41, 5.74) is 0.533. The summed E-state index contributed by atoms with van der Waals surface area (Å²) in [6.07, 6.45) is 2.40. The van der Waals surface area contributed by atoms with Gasteiger partial charge in [0, 0.05) is 17.6 Å². The Morgan fingerprint density at radius 1 is 1.50 bits per heavy atom. The fourth-order valence-corrected chi connectivity index (χ4v) is 3.72. The molecule has 0 aliphatic carbocycles. The molecule has 114 valence electrons. The normalized spacial score (nSPS) is 18.3. The number of nitrogens with one attached hydrogen (secondary N) is 1. The highest BCUT2D eigenvalue weighted by molar-refractivity contribution is 9.10. The van der Waals surface area contributed by atoms with Crippen LogP contribution in [-0.4, -0.2) is 33.9 Å². The summed E-state index contributed by atoms with van der Waals surface area (Å²) < 4.78 is 7.78. The first kappa shape index (κ1) is 14.1. The predicted molar refractivity (Wildman–Crippen MR) is 89.8 cm³/mol. The van der Waals surface area contributed by atoms with Crippen LogP contribution in [-0.2, 0) is 4.74 Å². The van der Waals surface area contributed by atoms with Crippen molar-refractivity contribution in [2.45, 2.75) is 18.9 Å². The van der Waals surface area contributed by atoms with Crippen molar-refractivity contribution in [3.63, 3.8) is 0 Å². The summed E-state index contributed by atoms with van der Waals surface area (Å²) in [5.74, 6) is 0. The van der Waals surface area contributed by atoms with Crippen LogP contribution in [0.3, 0.4) is 0 Å². The van der Waals surface area contributed by atoms with E-state index >= 15 is 0 Å². The Labute approximate surface area is 138 Å². The first-order valence-corrected chi connectivity index (χ1v) is 8.66. The topological polar surface area (TPSA) is 68.5 Å². The number of anilines is 1. The third-order valence-corrected chi connectivity index (χ3v) is 5.02. The molecule has 8 heteroatoms. The van der Waals surface area contributed by atoms with Crippen LogP contribution in [0.1, 0.15) is 12.8 Å². The molecule has 1 aliphatic heterocycles. The molecule has 1 atom stereocenters. The number of halogens is 1. The van der Waals surface area contributed by atoms with Crippen LogP contribution < -0.4 is 10.9 Å². The number of hydrogen-bond acceptors (Lipinski definition) is 6. The minimum absolute atomic E-state index is 0.150. The van der Waals surface area contributed by atoms with Crippen LogP contribution in [0.5, 0.6) is 0 Å². The maximum absolute atomic E-state index is 12.5. The molecule has 1 N–H and O–H groups in total. The van der Waals surface area contributed by atoms with E-state index in [4.69, 9.17) is 4.74 Å². The van der Waals surface area contributed by atoms with Gasteiger partial charge in [-0.2, -0.15) is 4.52 Å². The molecule has 0 bridgehead atoms. The number of nitrogens with zero attached hydrogens (tertiary/aromatic N) is 3. The van der Waals surface area contributed by atoms with E-state index in [9.17, 15) is 4.79 Å². The summed E-state index contributed by atoms with van der Waals surface area (Å²) in [7, 11) is 0. The summed E-state index contributed by atoms with van der Waals surface area (Å²) in [6, 6.07) is 5.48. The zero-order valence-electron chi connectivity index (χ0n) is 11.6. The lowest BCUT2D eigenvalue weighted by molar-refractivity contribution is 0.120. The van der Waals surface area contributed by atoms with E-state index in [1.54, 1.807) is 6.07 Å². The van der Waals surface area contributed by atoms with Crippen molar-refractivity contribution >= 4 is 48.3 Å². The van der Waals surface area contributed by atoms with E-state index < -0.39 is 0 Å². The van der Waals surface area contributed by atoms with Gasteiger partial charge >= 0.3 is 0 Å². The van der Waals surface area contributed by atoms with Gasteiger partial charge < -0.3 is 10.1 Å². The Balaban J connectivity index is 1.71. The monoisotopic (exact) mass is 380 g/mol. The van der Waals surface area contributed by atoms with Gasteiger partial charge in [0.15, 0.2) is 0 Å². The Hall–Kier alpha value is -1.51. The molecular weight excluding hydrogens is 368 g/mol. The Morgan fingerprint density at radius 3 is 3.23 bits per heavy atom. The summed E-state index contributed by atoms with van der Waals surface area (Å²) in [6.45, 7) is 1.53. The molecule has 0 unspecified atom stereocenters. The van der Waals surface area contributed by atoms with E-state index in [1.807, 2.05) is 12.1 Å². The molecule has 0 saturated carbocycles. The van der Waals surface area contributed by atoms with Gasteiger partial charge in [-0.3, -0.25) is 4.79 Å². The van der Waals surface area contributed by atoms with Gasteiger partial charge in [-0.1, -0.05) is 27.3 Å². The van der Waals surface area contributed by atoms with Crippen molar-refractivity contribution in [2.75, 3.05) is 18.5 Å². The molecule has 1 aliphatic rings. The van der Waals surface area contributed by atoms with E-state index in [1.165, 1.54) is 15.9 Å².